The number of nitrogens with one attached hydrogen (secondary N) is 3. The molecule has 0 spiro atoms. The largest absolute Gasteiger partial charge is 0.418 e. The number of hydrogen-bond donors (Lipinski definition) is 3. The van der Waals surface area contributed by atoms with E-state index >= 15 is 0 Å². The number of rotatable bonds is 8. The molecule has 10 nitrogen and oxygen atoms in total. The highest BCUT2D eigenvalue weighted by Gasteiger charge is 2.41. The monoisotopic (exact) mass is 579 g/mol. The molecule has 3 heterocycles. The van der Waals surface area contributed by atoms with Gasteiger partial charge in [0.25, 0.3) is 5.91 Å². The predicted octanol–water partition coefficient (Wildman–Crippen LogP) is 4.40. The lowest BCUT2D eigenvalue weighted by Crippen LogP contribution is -2.42. The van der Waals surface area contributed by atoms with Crippen LogP contribution in [-0.2, 0) is 22.3 Å². The van der Waals surface area contributed by atoms with Crippen LogP contribution in [0.25, 0.3) is 0 Å². The molecule has 0 radical (unpaired) electrons. The van der Waals surface area contributed by atoms with Crippen molar-refractivity contribution in [3.63, 3.8) is 0 Å². The van der Waals surface area contributed by atoms with Crippen LogP contribution in [0.15, 0.2) is 47.8 Å². The minimum Gasteiger partial charge on any atom is -0.380 e. The van der Waals surface area contributed by atoms with Crippen molar-refractivity contribution >= 4 is 47.0 Å². The second kappa shape index (κ2) is 11.9. The van der Waals surface area contributed by atoms with E-state index in [1.165, 1.54) is 30.9 Å². The third kappa shape index (κ3) is 6.69. The zero-order valence-corrected chi connectivity index (χ0v) is 21.6. The number of halogens is 5. The number of amides is 2. The van der Waals surface area contributed by atoms with Crippen molar-refractivity contribution in [1.82, 2.24) is 20.3 Å². The Kier molecular flexibility index (Phi) is 8.59. The molecule has 1 aliphatic rings. The molecule has 4 rings (SSSR count). The van der Waals surface area contributed by atoms with Crippen LogP contribution in [0.4, 0.5) is 34.9 Å². The summed E-state index contributed by atoms with van der Waals surface area (Å²) in [5.74, 6) is -1.82. The van der Waals surface area contributed by atoms with Crippen LogP contribution in [0.5, 0.6) is 0 Å². The van der Waals surface area contributed by atoms with Crippen molar-refractivity contribution in [1.29, 1.82) is 0 Å². The van der Waals surface area contributed by atoms with Crippen molar-refractivity contribution in [2.45, 2.75) is 19.1 Å². The smallest absolute Gasteiger partial charge is 0.380 e. The van der Waals surface area contributed by atoms with Gasteiger partial charge in [-0.05, 0) is 30.7 Å². The first-order valence-electron chi connectivity index (χ1n) is 11.7. The lowest BCUT2D eigenvalue weighted by atomic mass is 9.87. The van der Waals surface area contributed by atoms with Crippen molar-refractivity contribution in [3.05, 3.63) is 70.5 Å². The molecule has 210 valence electrons. The Morgan fingerprint density at radius 2 is 1.93 bits per heavy atom. The highest BCUT2D eigenvalue weighted by molar-refractivity contribution is 6.31. The van der Waals surface area contributed by atoms with Gasteiger partial charge < -0.3 is 20.7 Å². The molecule has 1 atom stereocenters. The van der Waals surface area contributed by atoms with E-state index < -0.39 is 34.8 Å². The summed E-state index contributed by atoms with van der Waals surface area (Å²) in [4.78, 5) is 41.5. The first-order chi connectivity index (χ1) is 19.0. The Bertz CT molecular complexity index is 1430. The van der Waals surface area contributed by atoms with Crippen molar-refractivity contribution < 1.29 is 31.9 Å². The van der Waals surface area contributed by atoms with Crippen LogP contribution in [0.3, 0.4) is 0 Å². The lowest BCUT2D eigenvalue weighted by molar-refractivity contribution is -0.137. The first-order valence-corrected chi connectivity index (χ1v) is 12.1. The molecule has 1 unspecified atom stereocenters. The fourth-order valence-electron chi connectivity index (χ4n) is 3.76. The van der Waals surface area contributed by atoms with Gasteiger partial charge in [-0.15, -0.1) is 0 Å². The number of pyridine rings is 1. The van der Waals surface area contributed by atoms with E-state index in [0.29, 0.717) is 12.0 Å². The van der Waals surface area contributed by atoms with E-state index in [4.69, 9.17) is 16.3 Å². The second-order valence-corrected chi connectivity index (χ2v) is 9.12. The number of hydrogen-bond acceptors (Lipinski definition) is 8. The van der Waals surface area contributed by atoms with Crippen molar-refractivity contribution in [3.8, 4) is 0 Å². The van der Waals surface area contributed by atoms with Crippen LogP contribution < -0.4 is 16.0 Å². The molecule has 1 aliphatic heterocycles. The van der Waals surface area contributed by atoms with Crippen LogP contribution >= 0.6 is 11.6 Å². The van der Waals surface area contributed by atoms with Crippen molar-refractivity contribution in [2.24, 2.45) is 10.4 Å². The number of carbonyl (C=O) groups is 2. The maximum absolute atomic E-state index is 13.4. The summed E-state index contributed by atoms with van der Waals surface area (Å²) in [5, 5.41) is 8.03. The summed E-state index contributed by atoms with van der Waals surface area (Å²) in [5.41, 5.74) is -2.29. The standard InChI is InChI=1S/C25H22ClF4N7O3/c1-31-23-34-8-14(9-35-23)21(38)36-12-24(4-5-40-13-24)22(39)33-11-20-18(26)7-16(10-32-20)37-19-3-2-15(27)6-17(19)25(28,29)30/h2-3,6-10,12,37H,4-5,11,13H2,1H3,(H,33,39)(H,31,34,35). The first kappa shape index (κ1) is 28.8. The van der Waals surface area contributed by atoms with Gasteiger partial charge in [0, 0.05) is 32.3 Å². The molecule has 0 saturated carbocycles. The number of alkyl halides is 3. The molecule has 0 aliphatic carbocycles. The molecular weight excluding hydrogens is 558 g/mol. The van der Waals surface area contributed by atoms with Gasteiger partial charge in [-0.25, -0.2) is 19.4 Å². The predicted molar refractivity (Wildman–Crippen MR) is 138 cm³/mol. The van der Waals surface area contributed by atoms with Gasteiger partial charge in [0.1, 0.15) is 11.2 Å². The van der Waals surface area contributed by atoms with E-state index in [9.17, 15) is 27.2 Å². The average Bonchev–Trinajstić information content (AvgIpc) is 3.42. The summed E-state index contributed by atoms with van der Waals surface area (Å²) in [6, 6.07) is 3.56. The number of anilines is 3. The Balaban J connectivity index is 1.43. The molecule has 15 heteroatoms. The quantitative estimate of drug-likeness (QED) is 0.264. The summed E-state index contributed by atoms with van der Waals surface area (Å²) in [7, 11) is 1.63. The minimum absolute atomic E-state index is 0.00592. The summed E-state index contributed by atoms with van der Waals surface area (Å²) < 4.78 is 58.6. The number of carbonyl (C=O) groups excluding carboxylic acids is 2. The van der Waals surface area contributed by atoms with Crippen molar-refractivity contribution in [2.75, 3.05) is 30.9 Å². The summed E-state index contributed by atoms with van der Waals surface area (Å²) >= 11 is 6.27. The molecular formula is C25H22ClF4N7O3. The Morgan fingerprint density at radius 1 is 1.18 bits per heavy atom. The SMILES string of the molecule is CNc1ncc(C(=O)N=CC2(C(=O)NCc3ncc(Nc4ccc(F)cc4C(F)(F)F)cc3Cl)CCOC2)cn1. The van der Waals surface area contributed by atoms with Crippen LogP contribution in [0.2, 0.25) is 5.02 Å². The molecule has 2 aromatic heterocycles. The van der Waals surface area contributed by atoms with Gasteiger partial charge in [0.15, 0.2) is 0 Å². The van der Waals surface area contributed by atoms with E-state index in [2.05, 4.69) is 35.9 Å². The number of benzene rings is 1. The highest BCUT2D eigenvalue weighted by atomic mass is 35.5. The van der Waals surface area contributed by atoms with E-state index in [-0.39, 0.29) is 53.8 Å². The second-order valence-electron chi connectivity index (χ2n) is 8.72. The Hall–Kier alpha value is -4.17. The number of aromatic nitrogens is 3. The Labute approximate surface area is 230 Å². The molecule has 3 aromatic rings. The maximum Gasteiger partial charge on any atom is 0.418 e. The van der Waals surface area contributed by atoms with Gasteiger partial charge in [-0.2, -0.15) is 13.2 Å². The van der Waals surface area contributed by atoms with Gasteiger partial charge in [-0.3, -0.25) is 14.6 Å². The Morgan fingerprint density at radius 3 is 2.55 bits per heavy atom. The van der Waals surface area contributed by atoms with E-state index in [1.807, 2.05) is 0 Å². The third-order valence-corrected chi connectivity index (χ3v) is 6.28. The zero-order valence-electron chi connectivity index (χ0n) is 20.9. The summed E-state index contributed by atoms with van der Waals surface area (Å²) in [6.07, 6.45) is 0.573. The fourth-order valence-corrected chi connectivity index (χ4v) is 4.00. The van der Waals surface area contributed by atoms with Crippen LogP contribution in [0, 0.1) is 11.2 Å². The van der Waals surface area contributed by atoms with Gasteiger partial charge >= 0.3 is 6.18 Å². The fraction of sp³-hybridized carbons (Fsp3) is 0.280. The number of aliphatic imine (C=N–C) groups is 1. The third-order valence-electron chi connectivity index (χ3n) is 5.96. The number of nitrogens with zero attached hydrogens (tertiary/aromatic N) is 4. The minimum atomic E-state index is -4.79. The topological polar surface area (TPSA) is 130 Å². The van der Waals surface area contributed by atoms with Gasteiger partial charge in [-0.1, -0.05) is 11.6 Å². The normalized spacial score (nSPS) is 17.1. The van der Waals surface area contributed by atoms with Crippen LogP contribution in [-0.4, -0.2) is 53.2 Å². The van der Waals surface area contributed by atoms with E-state index in [0.717, 1.165) is 12.1 Å². The molecule has 40 heavy (non-hydrogen) atoms. The molecule has 1 aromatic carbocycles. The molecule has 1 saturated heterocycles. The lowest BCUT2D eigenvalue weighted by Gasteiger charge is -2.21. The maximum atomic E-state index is 13.4. The molecule has 1 fully saturated rings. The average molecular weight is 580 g/mol. The van der Waals surface area contributed by atoms with Gasteiger partial charge in [0.05, 0.1) is 52.6 Å². The zero-order chi connectivity index (χ0) is 28.9. The highest BCUT2D eigenvalue weighted by Crippen LogP contribution is 2.37. The number of ether oxygens (including phenoxy) is 1. The van der Waals surface area contributed by atoms with Gasteiger partial charge in [0.2, 0.25) is 11.9 Å². The van der Waals surface area contributed by atoms with Crippen LogP contribution in [0.1, 0.15) is 28.0 Å². The molecule has 0 bridgehead atoms. The van der Waals surface area contributed by atoms with E-state index in [1.54, 1.807) is 7.05 Å². The summed E-state index contributed by atoms with van der Waals surface area (Å²) in [6.45, 7) is 0.148. The molecule has 3 N–H and O–H groups in total. The molecule has 2 amide bonds.